The zero-order valence-electron chi connectivity index (χ0n) is 13.8. The van der Waals surface area contributed by atoms with Crippen molar-refractivity contribution in [2.75, 3.05) is 19.6 Å². The predicted molar refractivity (Wildman–Crippen MR) is 89.3 cm³/mol. The van der Waals surface area contributed by atoms with E-state index in [0.29, 0.717) is 11.3 Å². The first kappa shape index (κ1) is 17.1. The summed E-state index contributed by atoms with van der Waals surface area (Å²) in [7, 11) is 0. The smallest absolute Gasteiger partial charge is 0.273 e. The monoisotopic (exact) mass is 345 g/mol. The highest BCUT2D eigenvalue weighted by molar-refractivity contribution is 5.93. The summed E-state index contributed by atoms with van der Waals surface area (Å²) in [4.78, 5) is 26.0. The van der Waals surface area contributed by atoms with Crippen molar-refractivity contribution < 1.29 is 18.5 Å². The van der Waals surface area contributed by atoms with E-state index in [0.717, 1.165) is 25.9 Å². The fourth-order valence-corrected chi connectivity index (χ4v) is 2.81. The van der Waals surface area contributed by atoms with E-state index in [9.17, 15) is 14.0 Å². The molecule has 0 aliphatic carbocycles. The molecule has 1 N–H and O–H groups in total. The third-order valence-corrected chi connectivity index (χ3v) is 4.20. The molecule has 3 rings (SSSR count). The number of aromatic nitrogens is 1. The highest BCUT2D eigenvalue weighted by Gasteiger charge is 2.17. The minimum absolute atomic E-state index is 0.0622. The van der Waals surface area contributed by atoms with Crippen molar-refractivity contribution in [2.45, 2.75) is 25.7 Å². The van der Waals surface area contributed by atoms with E-state index in [2.05, 4.69) is 10.5 Å². The average molecular weight is 345 g/mol. The van der Waals surface area contributed by atoms with Gasteiger partial charge < -0.3 is 14.7 Å². The summed E-state index contributed by atoms with van der Waals surface area (Å²) < 4.78 is 18.1. The van der Waals surface area contributed by atoms with Crippen molar-refractivity contribution in [3.05, 3.63) is 41.8 Å². The van der Waals surface area contributed by atoms with Gasteiger partial charge >= 0.3 is 0 Å². The first-order valence-electron chi connectivity index (χ1n) is 8.42. The highest BCUT2D eigenvalue weighted by atomic mass is 19.1. The zero-order valence-corrected chi connectivity index (χ0v) is 13.8. The molecule has 2 aromatic rings. The molecule has 0 saturated carbocycles. The maximum absolute atomic E-state index is 12.9. The Balaban J connectivity index is 1.50. The largest absolute Gasteiger partial charge is 0.355 e. The summed E-state index contributed by atoms with van der Waals surface area (Å²) in [5.41, 5.74) is 0.762. The van der Waals surface area contributed by atoms with Gasteiger partial charge in [-0.2, -0.15) is 0 Å². The van der Waals surface area contributed by atoms with Gasteiger partial charge in [-0.1, -0.05) is 5.16 Å². The van der Waals surface area contributed by atoms with Crippen LogP contribution in [0.2, 0.25) is 0 Å². The molecular weight excluding hydrogens is 325 g/mol. The standard InChI is InChI=1S/C18H20FN3O3/c19-14-6-4-13(5-7-14)16-12-15(21-25-16)18(24)20-9-8-17(23)22-10-2-1-3-11-22/h4-7,12H,1-3,8-11H2,(H,20,24). The van der Waals surface area contributed by atoms with Crippen LogP contribution in [-0.2, 0) is 4.79 Å². The third kappa shape index (κ3) is 4.43. The summed E-state index contributed by atoms with van der Waals surface area (Å²) in [6, 6.07) is 7.21. The van der Waals surface area contributed by atoms with Crippen LogP contribution in [0, 0.1) is 5.82 Å². The second kappa shape index (κ2) is 7.92. The normalized spacial score (nSPS) is 14.4. The lowest BCUT2D eigenvalue weighted by Crippen LogP contribution is -2.37. The van der Waals surface area contributed by atoms with E-state index < -0.39 is 5.91 Å². The maximum Gasteiger partial charge on any atom is 0.273 e. The van der Waals surface area contributed by atoms with Gasteiger partial charge in [-0.15, -0.1) is 0 Å². The molecule has 0 radical (unpaired) electrons. The molecule has 0 spiro atoms. The number of nitrogens with zero attached hydrogens (tertiary/aromatic N) is 2. The molecule has 0 unspecified atom stereocenters. The Morgan fingerprint density at radius 3 is 2.60 bits per heavy atom. The van der Waals surface area contributed by atoms with Crippen molar-refractivity contribution in [3.8, 4) is 11.3 Å². The lowest BCUT2D eigenvalue weighted by molar-refractivity contribution is -0.131. The Bertz CT molecular complexity index is 736. The Kier molecular flexibility index (Phi) is 5.42. The van der Waals surface area contributed by atoms with E-state index >= 15 is 0 Å². The van der Waals surface area contributed by atoms with Gasteiger partial charge in [0.1, 0.15) is 5.82 Å². The minimum Gasteiger partial charge on any atom is -0.355 e. The number of rotatable bonds is 5. The minimum atomic E-state index is -0.399. The van der Waals surface area contributed by atoms with Gasteiger partial charge in [-0.25, -0.2) is 4.39 Å². The maximum atomic E-state index is 12.9. The van der Waals surface area contributed by atoms with Crippen LogP contribution in [0.15, 0.2) is 34.9 Å². The molecule has 1 aromatic carbocycles. The first-order chi connectivity index (χ1) is 12.1. The summed E-state index contributed by atoms with van der Waals surface area (Å²) in [6.07, 6.45) is 3.53. The highest BCUT2D eigenvalue weighted by Crippen LogP contribution is 2.20. The number of nitrogens with one attached hydrogen (secondary N) is 1. The molecule has 25 heavy (non-hydrogen) atoms. The number of carbonyl (C=O) groups excluding carboxylic acids is 2. The number of halogens is 1. The quantitative estimate of drug-likeness (QED) is 0.904. The fourth-order valence-electron chi connectivity index (χ4n) is 2.81. The molecule has 1 aliphatic heterocycles. The molecule has 0 bridgehead atoms. The van der Waals surface area contributed by atoms with Gasteiger partial charge in [-0.3, -0.25) is 9.59 Å². The molecule has 132 valence electrons. The van der Waals surface area contributed by atoms with Gasteiger partial charge in [0.05, 0.1) is 0 Å². The SMILES string of the molecule is O=C(NCCC(=O)N1CCCCC1)c1cc(-c2ccc(F)cc2)on1. The molecule has 2 heterocycles. The molecule has 1 aromatic heterocycles. The summed E-state index contributed by atoms with van der Waals surface area (Å²) in [5, 5.41) is 6.40. The van der Waals surface area contributed by atoms with Crippen LogP contribution in [0.4, 0.5) is 4.39 Å². The van der Waals surface area contributed by atoms with Crippen LogP contribution < -0.4 is 5.32 Å². The predicted octanol–water partition coefficient (Wildman–Crippen LogP) is 2.61. The molecule has 7 heteroatoms. The molecule has 1 saturated heterocycles. The Labute approximate surface area is 145 Å². The second-order valence-electron chi connectivity index (χ2n) is 6.03. The molecule has 1 fully saturated rings. The van der Waals surface area contributed by atoms with E-state index in [-0.39, 0.29) is 30.4 Å². The number of benzene rings is 1. The molecule has 2 amide bonds. The van der Waals surface area contributed by atoms with E-state index in [1.807, 2.05) is 4.90 Å². The Morgan fingerprint density at radius 2 is 1.88 bits per heavy atom. The van der Waals surface area contributed by atoms with Gasteiger partial charge in [0.15, 0.2) is 11.5 Å². The van der Waals surface area contributed by atoms with Crippen molar-refractivity contribution in [1.82, 2.24) is 15.4 Å². The summed E-state index contributed by atoms with van der Waals surface area (Å²) in [5.74, 6) is -0.301. The van der Waals surface area contributed by atoms with Gasteiger partial charge in [0, 0.05) is 37.7 Å². The van der Waals surface area contributed by atoms with Crippen molar-refractivity contribution in [2.24, 2.45) is 0 Å². The van der Waals surface area contributed by atoms with E-state index in [1.54, 1.807) is 12.1 Å². The second-order valence-corrected chi connectivity index (χ2v) is 6.03. The fraction of sp³-hybridized carbons (Fsp3) is 0.389. The van der Waals surface area contributed by atoms with Crippen molar-refractivity contribution in [3.63, 3.8) is 0 Å². The van der Waals surface area contributed by atoms with Crippen molar-refractivity contribution >= 4 is 11.8 Å². The van der Waals surface area contributed by atoms with Crippen LogP contribution in [-0.4, -0.2) is 41.5 Å². The third-order valence-electron chi connectivity index (χ3n) is 4.20. The summed E-state index contributed by atoms with van der Waals surface area (Å²) >= 11 is 0. The number of likely N-dealkylation sites (tertiary alicyclic amines) is 1. The van der Waals surface area contributed by atoms with Gasteiger partial charge in [0.2, 0.25) is 5.91 Å². The zero-order chi connectivity index (χ0) is 17.6. The topological polar surface area (TPSA) is 75.4 Å². The van der Waals surface area contributed by atoms with Gasteiger partial charge in [0.25, 0.3) is 5.91 Å². The van der Waals surface area contributed by atoms with E-state index in [1.165, 1.54) is 24.6 Å². The first-order valence-corrected chi connectivity index (χ1v) is 8.42. The average Bonchev–Trinajstić information content (AvgIpc) is 3.13. The molecular formula is C18H20FN3O3. The van der Waals surface area contributed by atoms with Crippen LogP contribution in [0.25, 0.3) is 11.3 Å². The number of piperidine rings is 1. The Morgan fingerprint density at radius 1 is 1.16 bits per heavy atom. The summed E-state index contributed by atoms with van der Waals surface area (Å²) in [6.45, 7) is 1.86. The number of hydrogen-bond acceptors (Lipinski definition) is 4. The molecule has 0 atom stereocenters. The van der Waals surface area contributed by atoms with E-state index in [4.69, 9.17) is 4.52 Å². The molecule has 1 aliphatic rings. The van der Waals surface area contributed by atoms with Crippen LogP contribution >= 0.6 is 0 Å². The van der Waals surface area contributed by atoms with Crippen LogP contribution in [0.5, 0.6) is 0 Å². The van der Waals surface area contributed by atoms with Crippen LogP contribution in [0.3, 0.4) is 0 Å². The lowest BCUT2D eigenvalue weighted by atomic mass is 10.1. The lowest BCUT2D eigenvalue weighted by Gasteiger charge is -2.26. The van der Waals surface area contributed by atoms with Gasteiger partial charge in [-0.05, 0) is 43.5 Å². The van der Waals surface area contributed by atoms with Crippen LogP contribution in [0.1, 0.15) is 36.2 Å². The number of hydrogen-bond donors (Lipinski definition) is 1. The number of amides is 2. The Hall–Kier alpha value is -2.70. The van der Waals surface area contributed by atoms with Crippen molar-refractivity contribution in [1.29, 1.82) is 0 Å². The number of carbonyl (C=O) groups is 2. The molecule has 6 nitrogen and oxygen atoms in total.